The minimum Gasteiger partial charge on any atom is -0.465 e. The lowest BCUT2D eigenvalue weighted by Crippen LogP contribution is -2.10. The zero-order chi connectivity index (χ0) is 11.7. The van der Waals surface area contributed by atoms with E-state index in [0.29, 0.717) is 0 Å². The number of hydrogen-bond acceptors (Lipinski definition) is 2. The molecule has 0 unspecified atom stereocenters. The van der Waals surface area contributed by atoms with E-state index in [1.165, 1.54) is 0 Å². The van der Waals surface area contributed by atoms with Gasteiger partial charge in [0.15, 0.2) is 17.5 Å². The Morgan fingerprint density at radius 1 is 1.07 bits per heavy atom. The Labute approximate surface area is 92.5 Å². The SMILES string of the molecule is COC(=O)c1c(F)c(F)c(Cl)c(Cl)c1F. The number of ether oxygens (including phenoxy) is 1. The van der Waals surface area contributed by atoms with Crippen LogP contribution in [0.25, 0.3) is 0 Å². The summed E-state index contributed by atoms with van der Waals surface area (Å²) in [5.41, 5.74) is -1.20. The Bertz CT molecular complexity index is 405. The molecule has 1 rings (SSSR count). The van der Waals surface area contributed by atoms with Crippen molar-refractivity contribution in [3.63, 3.8) is 0 Å². The molecule has 0 amide bonds. The van der Waals surface area contributed by atoms with Crippen LogP contribution >= 0.6 is 23.2 Å². The second-order valence-electron chi connectivity index (χ2n) is 2.44. The lowest BCUT2D eigenvalue weighted by Gasteiger charge is -2.07. The minimum absolute atomic E-state index is 0.865. The number of carbonyl (C=O) groups is 1. The van der Waals surface area contributed by atoms with Gasteiger partial charge in [0.2, 0.25) is 0 Å². The van der Waals surface area contributed by atoms with Crippen molar-refractivity contribution >= 4 is 29.2 Å². The maximum Gasteiger partial charge on any atom is 0.344 e. The maximum atomic E-state index is 13.2. The third-order valence-corrected chi connectivity index (χ3v) is 2.41. The zero-order valence-corrected chi connectivity index (χ0v) is 8.72. The quantitative estimate of drug-likeness (QED) is 0.439. The topological polar surface area (TPSA) is 26.3 Å². The molecule has 2 nitrogen and oxygen atoms in total. The Kier molecular flexibility index (Phi) is 3.46. The van der Waals surface area contributed by atoms with Gasteiger partial charge in [-0.3, -0.25) is 0 Å². The van der Waals surface area contributed by atoms with Crippen molar-refractivity contribution < 1.29 is 22.7 Å². The average molecular weight is 259 g/mol. The summed E-state index contributed by atoms with van der Waals surface area (Å²) in [4.78, 5) is 10.9. The molecule has 0 atom stereocenters. The van der Waals surface area contributed by atoms with E-state index in [-0.39, 0.29) is 0 Å². The molecule has 0 saturated heterocycles. The van der Waals surface area contributed by atoms with Crippen molar-refractivity contribution in [1.82, 2.24) is 0 Å². The predicted octanol–water partition coefficient (Wildman–Crippen LogP) is 3.20. The second-order valence-corrected chi connectivity index (χ2v) is 3.19. The van der Waals surface area contributed by atoms with E-state index < -0.39 is 39.0 Å². The first-order valence-electron chi connectivity index (χ1n) is 3.51. The monoisotopic (exact) mass is 258 g/mol. The van der Waals surface area contributed by atoms with Gasteiger partial charge in [-0.1, -0.05) is 23.2 Å². The van der Waals surface area contributed by atoms with Crippen LogP contribution in [-0.2, 0) is 4.74 Å². The summed E-state index contributed by atoms with van der Waals surface area (Å²) in [6, 6.07) is 0. The van der Waals surface area contributed by atoms with Crippen LogP contribution in [0.1, 0.15) is 10.4 Å². The van der Waals surface area contributed by atoms with Gasteiger partial charge in [-0.15, -0.1) is 0 Å². The van der Waals surface area contributed by atoms with Crippen molar-refractivity contribution in [3.8, 4) is 0 Å². The van der Waals surface area contributed by atoms with Crippen molar-refractivity contribution in [2.75, 3.05) is 7.11 Å². The number of hydrogen-bond donors (Lipinski definition) is 0. The van der Waals surface area contributed by atoms with Gasteiger partial charge >= 0.3 is 5.97 Å². The van der Waals surface area contributed by atoms with E-state index in [1.54, 1.807) is 0 Å². The summed E-state index contributed by atoms with van der Waals surface area (Å²) >= 11 is 10.4. The number of halogens is 5. The van der Waals surface area contributed by atoms with Crippen molar-refractivity contribution in [1.29, 1.82) is 0 Å². The van der Waals surface area contributed by atoms with E-state index in [9.17, 15) is 18.0 Å². The highest BCUT2D eigenvalue weighted by molar-refractivity contribution is 6.42. The molecule has 1 aromatic carbocycles. The van der Waals surface area contributed by atoms with Crippen molar-refractivity contribution in [3.05, 3.63) is 33.1 Å². The average Bonchev–Trinajstić information content (AvgIpc) is 2.23. The van der Waals surface area contributed by atoms with Crippen LogP contribution in [0.2, 0.25) is 10.0 Å². The molecule has 7 heteroatoms. The third kappa shape index (κ3) is 1.89. The largest absolute Gasteiger partial charge is 0.465 e. The molecule has 0 bridgehead atoms. The van der Waals surface area contributed by atoms with Crippen LogP contribution in [0.3, 0.4) is 0 Å². The molecule has 0 aromatic heterocycles. The van der Waals surface area contributed by atoms with Crippen LogP contribution in [0.15, 0.2) is 0 Å². The molecule has 0 aliphatic rings. The van der Waals surface area contributed by atoms with Gasteiger partial charge < -0.3 is 4.74 Å². The van der Waals surface area contributed by atoms with E-state index >= 15 is 0 Å². The lowest BCUT2D eigenvalue weighted by molar-refractivity contribution is 0.0588. The molecular weight excluding hydrogens is 256 g/mol. The van der Waals surface area contributed by atoms with Gasteiger partial charge in [0, 0.05) is 0 Å². The summed E-state index contributed by atoms with van der Waals surface area (Å²) in [7, 11) is 0.891. The molecule has 0 heterocycles. The molecular formula is C8H3Cl2F3O2. The molecule has 0 N–H and O–H groups in total. The number of methoxy groups -OCH3 is 1. The molecule has 82 valence electrons. The first-order valence-corrected chi connectivity index (χ1v) is 4.27. The Morgan fingerprint density at radius 3 is 2.00 bits per heavy atom. The highest BCUT2D eigenvalue weighted by atomic mass is 35.5. The summed E-state index contributed by atoms with van der Waals surface area (Å²) in [6.45, 7) is 0. The van der Waals surface area contributed by atoms with Crippen LogP contribution in [-0.4, -0.2) is 13.1 Å². The van der Waals surface area contributed by atoms with Gasteiger partial charge in [-0.25, -0.2) is 18.0 Å². The summed E-state index contributed by atoms with van der Waals surface area (Å²) in [6.07, 6.45) is 0. The van der Waals surface area contributed by atoms with Crippen LogP contribution in [0.4, 0.5) is 13.2 Å². The van der Waals surface area contributed by atoms with Gasteiger partial charge in [0.05, 0.1) is 12.1 Å². The summed E-state index contributed by atoms with van der Waals surface area (Å²) in [5, 5.41) is -1.78. The number of rotatable bonds is 1. The Hall–Kier alpha value is -0.940. The molecule has 0 saturated carbocycles. The molecule has 1 aromatic rings. The molecule has 0 aliphatic carbocycles. The molecule has 0 fully saturated rings. The van der Waals surface area contributed by atoms with E-state index in [1.807, 2.05) is 0 Å². The van der Waals surface area contributed by atoms with Crippen molar-refractivity contribution in [2.24, 2.45) is 0 Å². The Morgan fingerprint density at radius 2 is 1.53 bits per heavy atom. The predicted molar refractivity (Wildman–Crippen MR) is 47.7 cm³/mol. The fourth-order valence-corrected chi connectivity index (χ4v) is 1.23. The summed E-state index contributed by atoms with van der Waals surface area (Å²) in [5.74, 6) is -6.15. The van der Waals surface area contributed by atoms with Gasteiger partial charge in [-0.2, -0.15) is 0 Å². The van der Waals surface area contributed by atoms with Crippen LogP contribution in [0, 0.1) is 17.5 Å². The molecule has 0 aliphatic heterocycles. The van der Waals surface area contributed by atoms with Crippen LogP contribution in [0.5, 0.6) is 0 Å². The maximum absolute atomic E-state index is 13.2. The second kappa shape index (κ2) is 4.28. The highest BCUT2D eigenvalue weighted by Gasteiger charge is 2.27. The number of esters is 1. The standard InChI is InChI=1S/C8H3Cl2F3O2/c1-15-8(14)2-5(11)3(9)4(10)7(13)6(2)12/h1H3. The first kappa shape index (κ1) is 12.1. The molecule has 0 spiro atoms. The minimum atomic E-state index is -1.73. The number of benzene rings is 1. The third-order valence-electron chi connectivity index (χ3n) is 1.60. The van der Waals surface area contributed by atoms with Crippen LogP contribution < -0.4 is 0 Å². The van der Waals surface area contributed by atoms with E-state index in [2.05, 4.69) is 4.74 Å². The fourth-order valence-electron chi connectivity index (χ4n) is 0.886. The zero-order valence-electron chi connectivity index (χ0n) is 7.21. The van der Waals surface area contributed by atoms with Gasteiger partial charge in [0.25, 0.3) is 0 Å². The van der Waals surface area contributed by atoms with E-state index in [0.717, 1.165) is 7.11 Å². The van der Waals surface area contributed by atoms with Crippen molar-refractivity contribution in [2.45, 2.75) is 0 Å². The normalized spacial score (nSPS) is 10.3. The molecule has 0 radical (unpaired) electrons. The van der Waals surface area contributed by atoms with Gasteiger partial charge in [-0.05, 0) is 0 Å². The lowest BCUT2D eigenvalue weighted by atomic mass is 10.2. The Balaban J connectivity index is 3.60. The molecule has 15 heavy (non-hydrogen) atoms. The number of carbonyl (C=O) groups excluding carboxylic acids is 1. The first-order chi connectivity index (χ1) is 6.91. The highest BCUT2D eigenvalue weighted by Crippen LogP contribution is 2.32. The van der Waals surface area contributed by atoms with Gasteiger partial charge in [0.1, 0.15) is 10.6 Å². The fraction of sp³-hybridized carbons (Fsp3) is 0.125. The summed E-state index contributed by atoms with van der Waals surface area (Å²) < 4.78 is 43.3. The van der Waals surface area contributed by atoms with E-state index in [4.69, 9.17) is 23.2 Å². The smallest absolute Gasteiger partial charge is 0.344 e.